The lowest BCUT2D eigenvalue weighted by atomic mass is 10.2. The van der Waals surface area contributed by atoms with Crippen molar-refractivity contribution in [1.29, 1.82) is 5.26 Å². The lowest BCUT2D eigenvalue weighted by Gasteiger charge is -2.19. The molecule has 0 saturated carbocycles. The van der Waals surface area contributed by atoms with Gasteiger partial charge in [-0.1, -0.05) is 0 Å². The van der Waals surface area contributed by atoms with Gasteiger partial charge in [0.15, 0.2) is 11.5 Å². The summed E-state index contributed by atoms with van der Waals surface area (Å²) >= 11 is 0. The molecule has 28 heavy (non-hydrogen) atoms. The van der Waals surface area contributed by atoms with Gasteiger partial charge in [-0.3, -0.25) is 4.79 Å². The van der Waals surface area contributed by atoms with Crippen LogP contribution in [0.25, 0.3) is 0 Å². The SMILES string of the molecule is N#Cc1ccc(Nc2ccc(C(=O)Nc3ccc4c(c3)OCCO4)nc2)cc1. The normalized spacial score (nSPS) is 12.0. The fourth-order valence-electron chi connectivity index (χ4n) is 2.71. The lowest BCUT2D eigenvalue weighted by Crippen LogP contribution is -2.17. The quantitative estimate of drug-likeness (QED) is 0.725. The number of aromatic nitrogens is 1. The van der Waals surface area contributed by atoms with E-state index in [0.29, 0.717) is 41.7 Å². The minimum atomic E-state index is -0.318. The summed E-state index contributed by atoms with van der Waals surface area (Å²) in [5, 5.41) is 14.8. The van der Waals surface area contributed by atoms with E-state index in [4.69, 9.17) is 14.7 Å². The first kappa shape index (κ1) is 17.4. The molecule has 4 rings (SSSR count). The molecule has 7 nitrogen and oxygen atoms in total. The molecule has 3 aromatic rings. The monoisotopic (exact) mass is 372 g/mol. The molecule has 0 unspecified atom stereocenters. The van der Waals surface area contributed by atoms with Gasteiger partial charge in [-0.25, -0.2) is 4.98 Å². The minimum absolute atomic E-state index is 0.292. The summed E-state index contributed by atoms with van der Waals surface area (Å²) in [5.41, 5.74) is 3.06. The van der Waals surface area contributed by atoms with Gasteiger partial charge in [-0.15, -0.1) is 0 Å². The second kappa shape index (κ2) is 7.68. The number of anilines is 3. The average Bonchev–Trinajstić information content (AvgIpc) is 2.75. The molecule has 1 amide bonds. The third-order valence-corrected chi connectivity index (χ3v) is 4.10. The standard InChI is InChI=1S/C21H16N4O3/c22-12-14-1-3-15(4-2-14)24-17-5-7-18(23-13-17)21(26)25-16-6-8-19-20(11-16)28-10-9-27-19/h1-8,11,13,24H,9-10H2,(H,25,26). The van der Waals surface area contributed by atoms with Gasteiger partial charge in [-0.05, 0) is 48.5 Å². The van der Waals surface area contributed by atoms with Crippen LogP contribution >= 0.6 is 0 Å². The summed E-state index contributed by atoms with van der Waals surface area (Å²) in [6.07, 6.45) is 1.58. The molecule has 0 spiro atoms. The van der Waals surface area contributed by atoms with Crippen LogP contribution in [0.15, 0.2) is 60.8 Å². The second-order valence-corrected chi connectivity index (χ2v) is 6.06. The summed E-state index contributed by atoms with van der Waals surface area (Å²) in [6.45, 7) is 1.01. The van der Waals surface area contributed by atoms with E-state index in [1.165, 1.54) is 0 Å². The van der Waals surface area contributed by atoms with Gasteiger partial charge in [-0.2, -0.15) is 5.26 Å². The van der Waals surface area contributed by atoms with Gasteiger partial charge in [0.1, 0.15) is 18.9 Å². The zero-order chi connectivity index (χ0) is 19.3. The number of amides is 1. The zero-order valence-electron chi connectivity index (χ0n) is 14.8. The van der Waals surface area contributed by atoms with E-state index in [2.05, 4.69) is 21.7 Å². The number of ether oxygens (including phenoxy) is 2. The first-order chi connectivity index (χ1) is 13.7. The topological polar surface area (TPSA) is 96.3 Å². The van der Waals surface area contributed by atoms with E-state index in [9.17, 15) is 4.79 Å². The van der Waals surface area contributed by atoms with Crippen LogP contribution in [0, 0.1) is 11.3 Å². The fourth-order valence-corrected chi connectivity index (χ4v) is 2.71. The third kappa shape index (κ3) is 3.86. The number of carbonyl (C=O) groups is 1. The van der Waals surface area contributed by atoms with Crippen LogP contribution in [0.2, 0.25) is 0 Å². The van der Waals surface area contributed by atoms with Crippen molar-refractivity contribution in [3.8, 4) is 17.6 Å². The number of hydrogen-bond acceptors (Lipinski definition) is 6. The highest BCUT2D eigenvalue weighted by molar-refractivity contribution is 6.03. The number of benzene rings is 2. The largest absolute Gasteiger partial charge is 0.486 e. The van der Waals surface area contributed by atoms with Crippen LogP contribution in [0.4, 0.5) is 17.1 Å². The van der Waals surface area contributed by atoms with Gasteiger partial charge in [0, 0.05) is 17.4 Å². The highest BCUT2D eigenvalue weighted by atomic mass is 16.6. The average molecular weight is 372 g/mol. The molecule has 2 aromatic carbocycles. The predicted octanol–water partition coefficient (Wildman–Crippen LogP) is 3.72. The van der Waals surface area contributed by atoms with Crippen LogP contribution in [-0.4, -0.2) is 24.1 Å². The number of nitrogens with one attached hydrogen (secondary N) is 2. The minimum Gasteiger partial charge on any atom is -0.486 e. The Morgan fingerprint density at radius 2 is 1.64 bits per heavy atom. The Hall–Kier alpha value is -4.05. The van der Waals surface area contributed by atoms with Crippen molar-refractivity contribution in [1.82, 2.24) is 4.98 Å². The molecule has 0 radical (unpaired) electrons. The summed E-state index contributed by atoms with van der Waals surface area (Å²) < 4.78 is 11.0. The summed E-state index contributed by atoms with van der Waals surface area (Å²) in [7, 11) is 0. The molecule has 0 aliphatic carbocycles. The molecule has 138 valence electrons. The van der Waals surface area contributed by atoms with E-state index >= 15 is 0 Å². The van der Waals surface area contributed by atoms with Crippen molar-refractivity contribution in [3.05, 3.63) is 72.1 Å². The number of pyridine rings is 1. The van der Waals surface area contributed by atoms with Crippen molar-refractivity contribution < 1.29 is 14.3 Å². The maximum absolute atomic E-state index is 12.4. The number of nitriles is 1. The van der Waals surface area contributed by atoms with Crippen LogP contribution in [-0.2, 0) is 0 Å². The Labute approximate surface area is 161 Å². The number of carbonyl (C=O) groups excluding carboxylic acids is 1. The van der Waals surface area contributed by atoms with E-state index < -0.39 is 0 Å². The van der Waals surface area contributed by atoms with Crippen molar-refractivity contribution in [2.24, 2.45) is 0 Å². The first-order valence-corrected chi connectivity index (χ1v) is 8.65. The Bertz CT molecular complexity index is 1040. The third-order valence-electron chi connectivity index (χ3n) is 4.10. The Kier molecular flexibility index (Phi) is 4.76. The van der Waals surface area contributed by atoms with Gasteiger partial charge >= 0.3 is 0 Å². The van der Waals surface area contributed by atoms with E-state index in [-0.39, 0.29) is 5.91 Å². The maximum atomic E-state index is 12.4. The number of hydrogen-bond donors (Lipinski definition) is 2. The molecule has 0 fully saturated rings. The summed E-state index contributed by atoms with van der Waals surface area (Å²) in [4.78, 5) is 16.6. The van der Waals surface area contributed by atoms with E-state index in [1.54, 1.807) is 60.8 Å². The van der Waals surface area contributed by atoms with Crippen LogP contribution in [0.5, 0.6) is 11.5 Å². The second-order valence-electron chi connectivity index (χ2n) is 6.06. The van der Waals surface area contributed by atoms with Crippen LogP contribution in [0.3, 0.4) is 0 Å². The molecule has 0 saturated heterocycles. The summed E-state index contributed by atoms with van der Waals surface area (Å²) in [6, 6.07) is 17.8. The van der Waals surface area contributed by atoms with Crippen LogP contribution in [0.1, 0.15) is 16.1 Å². The molecule has 1 aliphatic heterocycles. The van der Waals surface area contributed by atoms with Crippen molar-refractivity contribution in [2.75, 3.05) is 23.8 Å². The molecule has 2 heterocycles. The molecule has 0 atom stereocenters. The van der Waals surface area contributed by atoms with Gasteiger partial charge in [0.25, 0.3) is 5.91 Å². The van der Waals surface area contributed by atoms with E-state index in [1.807, 2.05) is 0 Å². The van der Waals surface area contributed by atoms with Gasteiger partial charge in [0.05, 0.1) is 23.5 Å². The zero-order valence-corrected chi connectivity index (χ0v) is 14.8. The predicted molar refractivity (Wildman–Crippen MR) is 104 cm³/mol. The van der Waals surface area contributed by atoms with Gasteiger partial charge in [0.2, 0.25) is 0 Å². The van der Waals surface area contributed by atoms with Crippen molar-refractivity contribution >= 4 is 23.0 Å². The molecule has 1 aliphatic rings. The maximum Gasteiger partial charge on any atom is 0.274 e. The number of rotatable bonds is 4. The first-order valence-electron chi connectivity index (χ1n) is 8.65. The molecule has 1 aromatic heterocycles. The Morgan fingerprint density at radius 3 is 2.36 bits per heavy atom. The fraction of sp³-hybridized carbons (Fsp3) is 0.0952. The molecule has 0 bridgehead atoms. The number of fused-ring (bicyclic) bond motifs is 1. The lowest BCUT2D eigenvalue weighted by molar-refractivity contribution is 0.102. The number of nitrogens with zero attached hydrogens (tertiary/aromatic N) is 2. The molecular formula is C21H16N4O3. The van der Waals surface area contributed by atoms with Gasteiger partial charge < -0.3 is 20.1 Å². The van der Waals surface area contributed by atoms with E-state index in [0.717, 1.165) is 11.4 Å². The Balaban J connectivity index is 1.41. The molecule has 7 heteroatoms. The highest BCUT2D eigenvalue weighted by Crippen LogP contribution is 2.32. The molecule has 2 N–H and O–H groups in total. The smallest absolute Gasteiger partial charge is 0.274 e. The van der Waals surface area contributed by atoms with Crippen molar-refractivity contribution in [2.45, 2.75) is 0 Å². The summed E-state index contributed by atoms with van der Waals surface area (Å²) in [5.74, 6) is 0.959. The van der Waals surface area contributed by atoms with Crippen molar-refractivity contribution in [3.63, 3.8) is 0 Å². The van der Waals surface area contributed by atoms with Crippen LogP contribution < -0.4 is 20.1 Å². The highest BCUT2D eigenvalue weighted by Gasteiger charge is 2.14. The Morgan fingerprint density at radius 1 is 0.929 bits per heavy atom. The molecular weight excluding hydrogens is 356 g/mol.